The summed E-state index contributed by atoms with van der Waals surface area (Å²) in [4.78, 5) is 55.9. The number of β-lactam (4-membered cyclic amide) rings is 1. The quantitative estimate of drug-likeness (QED) is 0.00693. The predicted molar refractivity (Wildman–Crippen MR) is 303 cm³/mol. The number of thiazole rings is 1. The van der Waals surface area contributed by atoms with E-state index in [-0.39, 0.29) is 55.7 Å². The van der Waals surface area contributed by atoms with Gasteiger partial charge in [-0.1, -0.05) is 163 Å². The van der Waals surface area contributed by atoms with Crippen molar-refractivity contribution in [2.45, 2.75) is 29.7 Å². The van der Waals surface area contributed by atoms with Crippen molar-refractivity contribution in [1.29, 1.82) is 0 Å². The van der Waals surface area contributed by atoms with Gasteiger partial charge >= 0.3 is 5.97 Å². The molecule has 3 atom stereocenters. The van der Waals surface area contributed by atoms with Crippen LogP contribution >= 0.6 is 34.7 Å². The lowest BCUT2D eigenvalue weighted by molar-refractivity contribution is -0.164. The Morgan fingerprint density at radius 2 is 1.29 bits per heavy atom. The van der Waals surface area contributed by atoms with Gasteiger partial charge in [-0.3, -0.25) is 14.4 Å². The molecule has 0 spiro atoms. The molecule has 2 amide bonds. The summed E-state index contributed by atoms with van der Waals surface area (Å²) in [5.41, 5.74) is 2.94. The van der Waals surface area contributed by atoms with Crippen LogP contribution in [0.15, 0.2) is 180 Å². The third-order valence-corrected chi connectivity index (χ3v) is 16.1. The molecule has 2 unspecified atom stereocenters. The Kier molecular flexibility index (Phi) is 19.7. The number of carbonyl (C=O) groups excluding carboxylic acids is 3. The number of halogens is 1. The van der Waals surface area contributed by atoms with Gasteiger partial charge in [0.05, 0.1) is 26.4 Å². The van der Waals surface area contributed by atoms with Crippen molar-refractivity contribution >= 4 is 63.3 Å². The minimum atomic E-state index is -1.22. The van der Waals surface area contributed by atoms with Gasteiger partial charge in [-0.15, -0.1) is 34.7 Å². The van der Waals surface area contributed by atoms with Crippen LogP contribution < -0.4 is 20.1 Å². The van der Waals surface area contributed by atoms with E-state index in [1.165, 1.54) is 23.1 Å². The number of thioether (sulfide) groups is 1. The van der Waals surface area contributed by atoms with Crippen LogP contribution in [0.2, 0.25) is 0 Å². The van der Waals surface area contributed by atoms with Crippen molar-refractivity contribution in [3.63, 3.8) is 0 Å². The van der Waals surface area contributed by atoms with Gasteiger partial charge in [-0.25, -0.2) is 4.98 Å². The van der Waals surface area contributed by atoms with Gasteiger partial charge in [0.15, 0.2) is 42.0 Å². The number of benzene rings is 6. The number of oxime groups is 1. The number of nitrogens with zero attached hydrogens (tertiary/aromatic N) is 3. The van der Waals surface area contributed by atoms with Gasteiger partial charge in [-0.2, -0.15) is 0 Å². The third kappa shape index (κ3) is 13.4. The van der Waals surface area contributed by atoms with Gasteiger partial charge in [-0.05, 0) is 45.5 Å². The first-order chi connectivity index (χ1) is 38.8. The number of esters is 1. The second-order valence-corrected chi connectivity index (χ2v) is 20.7. The normalized spacial score (nSPS) is 17.1. The second-order valence-electron chi connectivity index (χ2n) is 18.5. The molecule has 19 heteroatoms. The minimum Gasteiger partial charge on any atom is -0.464 e. The number of amides is 2. The molecule has 0 bridgehead atoms. The second kappa shape index (κ2) is 27.5. The largest absolute Gasteiger partial charge is 0.464 e. The van der Waals surface area contributed by atoms with Crippen molar-refractivity contribution in [2.24, 2.45) is 10.6 Å². The Balaban J connectivity index is 0.976. The summed E-state index contributed by atoms with van der Waals surface area (Å²) in [6, 6.07) is 53.4. The molecule has 1 aromatic heterocycles. The average Bonchev–Trinajstić information content (AvgIpc) is 4.10. The molecule has 2 aliphatic heterocycles. The van der Waals surface area contributed by atoms with Gasteiger partial charge in [0, 0.05) is 37.8 Å². The van der Waals surface area contributed by atoms with Crippen LogP contribution in [0.5, 0.6) is 11.5 Å². The molecule has 2 aliphatic rings. The molecule has 2 N–H and O–H groups in total. The molecule has 0 radical (unpaired) electrons. The Labute approximate surface area is 472 Å². The number of alkyl halides is 1. The maximum atomic E-state index is 14.8. The molecule has 410 valence electrons. The summed E-state index contributed by atoms with van der Waals surface area (Å²) in [7, 11) is 3.17. The van der Waals surface area contributed by atoms with E-state index >= 15 is 0 Å². The number of fused-ring (bicyclic) bond motifs is 1. The predicted octanol–water partition coefficient (Wildman–Crippen LogP) is 9.42. The van der Waals surface area contributed by atoms with Gasteiger partial charge in [0.2, 0.25) is 5.91 Å². The molecule has 2 saturated heterocycles. The summed E-state index contributed by atoms with van der Waals surface area (Å²) in [5.74, 6) is -0.729. The monoisotopic (exact) mass is 1130 g/mol. The van der Waals surface area contributed by atoms with Gasteiger partial charge in [0.1, 0.15) is 34.7 Å². The van der Waals surface area contributed by atoms with E-state index in [1.54, 1.807) is 42.7 Å². The van der Waals surface area contributed by atoms with E-state index < -0.39 is 40.4 Å². The number of rotatable bonds is 28. The molecule has 3 heterocycles. The van der Waals surface area contributed by atoms with E-state index in [0.29, 0.717) is 48.6 Å². The fourth-order valence-corrected chi connectivity index (χ4v) is 11.8. The number of hydrogen-bond acceptors (Lipinski definition) is 16. The number of hydrogen-bond donors (Lipinski definition) is 2. The maximum absolute atomic E-state index is 14.8. The minimum absolute atomic E-state index is 0.00131. The van der Waals surface area contributed by atoms with Crippen molar-refractivity contribution in [2.75, 3.05) is 77.7 Å². The number of anilines is 1. The maximum Gasteiger partial charge on any atom is 0.316 e. The highest BCUT2D eigenvalue weighted by Crippen LogP contribution is 2.45. The zero-order chi connectivity index (χ0) is 54.9. The summed E-state index contributed by atoms with van der Waals surface area (Å²) in [6.07, 6.45) is -0.698. The lowest BCUT2D eigenvalue weighted by atomic mass is 9.77. The van der Waals surface area contributed by atoms with Gasteiger partial charge < -0.3 is 53.5 Å². The molecule has 0 saturated carbocycles. The Morgan fingerprint density at radius 3 is 1.84 bits per heavy atom. The van der Waals surface area contributed by atoms with Crippen LogP contribution in [0.4, 0.5) is 5.13 Å². The van der Waals surface area contributed by atoms with Crippen molar-refractivity contribution < 1.29 is 52.4 Å². The lowest BCUT2D eigenvalue weighted by Crippen LogP contribution is -2.74. The van der Waals surface area contributed by atoms with E-state index in [4.69, 9.17) is 54.6 Å². The molecular weight excluding hydrogens is 1070 g/mol. The SMILES string of the molecule is COCCOCOc1ccc(CON=C(C(=O)NC2C(=O)N3CC(CCl)(C(=O)OC(c4ccccc4)c4ccccc4)CS[C@H]23)c2csc(NC(c3ccccc3)(c3ccccc3)c3ccccc3)n2)cc1OCOCCOC. The molecule has 16 nitrogen and oxygen atoms in total. The Bertz CT molecular complexity index is 2980. The molecule has 2 fully saturated rings. The summed E-state index contributed by atoms with van der Waals surface area (Å²) >= 11 is 9.29. The molecular formula is C60H60ClN5O11S2. The molecule has 79 heavy (non-hydrogen) atoms. The fraction of sp³-hybridized carbons (Fsp3) is 0.283. The third-order valence-electron chi connectivity index (χ3n) is 13.3. The molecule has 0 aliphatic carbocycles. The highest BCUT2D eigenvalue weighted by molar-refractivity contribution is 8.00. The first-order valence-corrected chi connectivity index (χ1v) is 28.0. The van der Waals surface area contributed by atoms with Crippen LogP contribution in [0.3, 0.4) is 0 Å². The van der Waals surface area contributed by atoms with Gasteiger partial charge in [0.25, 0.3) is 5.91 Å². The van der Waals surface area contributed by atoms with Crippen molar-refractivity contribution in [3.8, 4) is 11.5 Å². The van der Waals surface area contributed by atoms with E-state index in [9.17, 15) is 14.4 Å². The van der Waals surface area contributed by atoms with Crippen LogP contribution in [-0.4, -0.2) is 117 Å². The fourth-order valence-electron chi connectivity index (χ4n) is 9.16. The molecule has 7 aromatic rings. The average molecular weight is 1130 g/mol. The van der Waals surface area contributed by atoms with E-state index in [1.807, 2.05) is 115 Å². The van der Waals surface area contributed by atoms with Crippen LogP contribution in [-0.2, 0) is 55.1 Å². The summed E-state index contributed by atoms with van der Waals surface area (Å²) in [6.45, 7) is 1.18. The van der Waals surface area contributed by atoms with E-state index in [2.05, 4.69) is 52.2 Å². The van der Waals surface area contributed by atoms with E-state index in [0.717, 1.165) is 27.8 Å². The zero-order valence-electron chi connectivity index (χ0n) is 43.6. The number of ether oxygens (including phenoxy) is 7. The molecule has 6 aromatic carbocycles. The number of carbonyl (C=O) groups is 3. The zero-order valence-corrected chi connectivity index (χ0v) is 46.0. The first kappa shape index (κ1) is 56.4. The Hall–Kier alpha value is -7.29. The number of nitrogens with one attached hydrogen (secondary N) is 2. The van der Waals surface area contributed by atoms with Crippen LogP contribution in [0.1, 0.15) is 45.2 Å². The van der Waals surface area contributed by atoms with Crippen LogP contribution in [0, 0.1) is 5.41 Å². The van der Waals surface area contributed by atoms with Crippen molar-refractivity contribution in [1.82, 2.24) is 15.2 Å². The standard InChI is InChI=1S/C60H60ClN5O11S2/c1-70-30-32-72-40-74-49-29-28-42(34-50(49)75-41-73-33-31-71-2)35-76-65-51(48-36-78-58(62-48)64-60(45-22-12-5-13-23-45,46-24-14-6-15-25-46)47-26-16-7-17-27-47)54(67)63-52-55(68)66-38-59(37-61,39-79-56(52)66)57(69)77-53(43-18-8-3-9-19-43)44-20-10-4-11-21-44/h3-29,34,36,52-53,56H,30-33,35,37-41H2,1-2H3,(H,62,64)(H,63,67)/t52?,56-,59?/m1/s1. The van der Waals surface area contributed by atoms with Crippen molar-refractivity contribution in [3.05, 3.63) is 214 Å². The number of methoxy groups -OCH3 is 2. The summed E-state index contributed by atoms with van der Waals surface area (Å²) in [5, 5.41) is 12.8. The number of aromatic nitrogens is 1. The smallest absolute Gasteiger partial charge is 0.316 e. The van der Waals surface area contributed by atoms with Crippen LogP contribution in [0.25, 0.3) is 0 Å². The summed E-state index contributed by atoms with van der Waals surface area (Å²) < 4.78 is 39.4. The lowest BCUT2D eigenvalue weighted by Gasteiger charge is -2.53. The topological polar surface area (TPSA) is 178 Å². The highest BCUT2D eigenvalue weighted by Gasteiger charge is 2.58. The first-order valence-electron chi connectivity index (χ1n) is 25.5. The molecule has 9 rings (SSSR count). The highest BCUT2D eigenvalue weighted by atomic mass is 35.5. The Morgan fingerprint density at radius 1 is 0.747 bits per heavy atom.